The van der Waals surface area contributed by atoms with Crippen molar-refractivity contribution in [2.45, 2.75) is 6.92 Å². The molecule has 2 rings (SSSR count). The Hall–Kier alpha value is -3.22. The van der Waals surface area contributed by atoms with E-state index in [0.717, 1.165) is 0 Å². The smallest absolute Gasteiger partial charge is 0.315 e. The van der Waals surface area contributed by atoms with E-state index < -0.39 is 11.8 Å². The number of carbonyl (C=O) groups is 3. The molecule has 22 heavy (non-hydrogen) atoms. The average Bonchev–Trinajstić information content (AvgIpc) is 2.49. The highest BCUT2D eigenvalue weighted by atomic mass is 16.2. The van der Waals surface area contributed by atoms with E-state index in [1.807, 2.05) is 0 Å². The number of nitrogens with zero attached hydrogens (tertiary/aromatic N) is 1. The molecule has 2 aromatic rings. The molecule has 0 bridgehead atoms. The van der Waals surface area contributed by atoms with Crippen molar-refractivity contribution in [3.63, 3.8) is 0 Å². The van der Waals surface area contributed by atoms with Crippen LogP contribution in [0.5, 0.6) is 0 Å². The number of hydrogen-bond acceptors (Lipinski definition) is 4. The minimum atomic E-state index is -0.815. The van der Waals surface area contributed by atoms with Crippen LogP contribution in [0.4, 0.5) is 17.2 Å². The van der Waals surface area contributed by atoms with Crippen LogP contribution in [-0.2, 0) is 14.4 Å². The SMILES string of the molecule is CC(=O)Nc1ccc(NC(=O)C(=O)Nc2ccccn2)cc1. The van der Waals surface area contributed by atoms with E-state index in [9.17, 15) is 14.4 Å². The van der Waals surface area contributed by atoms with Crippen molar-refractivity contribution in [1.29, 1.82) is 0 Å². The monoisotopic (exact) mass is 298 g/mol. The van der Waals surface area contributed by atoms with Crippen LogP contribution < -0.4 is 16.0 Å². The van der Waals surface area contributed by atoms with E-state index in [2.05, 4.69) is 20.9 Å². The van der Waals surface area contributed by atoms with Crippen molar-refractivity contribution in [2.24, 2.45) is 0 Å². The molecule has 3 N–H and O–H groups in total. The number of nitrogens with one attached hydrogen (secondary N) is 3. The Bertz CT molecular complexity index is 684. The zero-order chi connectivity index (χ0) is 15.9. The topological polar surface area (TPSA) is 100 Å². The van der Waals surface area contributed by atoms with Gasteiger partial charge in [0, 0.05) is 24.5 Å². The van der Waals surface area contributed by atoms with Gasteiger partial charge in [-0.25, -0.2) is 4.98 Å². The number of amides is 3. The lowest BCUT2D eigenvalue weighted by atomic mass is 10.2. The molecule has 1 aromatic heterocycles. The highest BCUT2D eigenvalue weighted by Gasteiger charge is 2.14. The van der Waals surface area contributed by atoms with Crippen LogP contribution in [-0.4, -0.2) is 22.7 Å². The van der Waals surface area contributed by atoms with Gasteiger partial charge in [-0.3, -0.25) is 14.4 Å². The van der Waals surface area contributed by atoms with Gasteiger partial charge in [0.15, 0.2) is 0 Å². The van der Waals surface area contributed by atoms with Crippen molar-refractivity contribution >= 4 is 34.9 Å². The molecule has 0 saturated carbocycles. The Kier molecular flexibility index (Phi) is 4.81. The molecule has 0 atom stereocenters. The van der Waals surface area contributed by atoms with Gasteiger partial charge in [-0.2, -0.15) is 0 Å². The number of rotatable bonds is 3. The van der Waals surface area contributed by atoms with Gasteiger partial charge in [0.25, 0.3) is 0 Å². The molecule has 0 aliphatic carbocycles. The van der Waals surface area contributed by atoms with Crippen LogP contribution in [0.2, 0.25) is 0 Å². The maximum Gasteiger partial charge on any atom is 0.315 e. The number of pyridine rings is 1. The molecule has 0 spiro atoms. The molecular weight excluding hydrogens is 284 g/mol. The second kappa shape index (κ2) is 6.98. The molecule has 1 aromatic carbocycles. The van der Waals surface area contributed by atoms with Gasteiger partial charge in [-0.05, 0) is 36.4 Å². The normalized spacial score (nSPS) is 9.68. The molecule has 0 fully saturated rings. The second-order valence-corrected chi connectivity index (χ2v) is 4.38. The molecule has 3 amide bonds. The highest BCUT2D eigenvalue weighted by molar-refractivity contribution is 6.43. The van der Waals surface area contributed by atoms with Crippen molar-refractivity contribution < 1.29 is 14.4 Å². The molecule has 7 nitrogen and oxygen atoms in total. The minimum Gasteiger partial charge on any atom is -0.326 e. The lowest BCUT2D eigenvalue weighted by molar-refractivity contribution is -0.133. The van der Waals surface area contributed by atoms with Crippen LogP contribution >= 0.6 is 0 Å². The maximum absolute atomic E-state index is 11.8. The number of anilines is 3. The molecular formula is C15H14N4O3. The lowest BCUT2D eigenvalue weighted by Gasteiger charge is -2.07. The first-order valence-corrected chi connectivity index (χ1v) is 6.45. The molecule has 1 heterocycles. The second-order valence-electron chi connectivity index (χ2n) is 4.38. The molecule has 0 saturated heterocycles. The van der Waals surface area contributed by atoms with Crippen LogP contribution in [0.3, 0.4) is 0 Å². The van der Waals surface area contributed by atoms with Gasteiger partial charge >= 0.3 is 11.8 Å². The summed E-state index contributed by atoms with van der Waals surface area (Å²) in [5.74, 6) is -1.52. The van der Waals surface area contributed by atoms with Crippen molar-refractivity contribution in [2.75, 3.05) is 16.0 Å². The minimum absolute atomic E-state index is 0.188. The summed E-state index contributed by atoms with van der Waals surface area (Å²) in [4.78, 5) is 38.3. The number of carbonyl (C=O) groups excluding carboxylic acids is 3. The van der Waals surface area contributed by atoms with E-state index in [1.54, 1.807) is 42.5 Å². The summed E-state index contributed by atoms with van der Waals surface area (Å²) >= 11 is 0. The van der Waals surface area contributed by atoms with E-state index in [0.29, 0.717) is 17.2 Å². The molecule has 0 radical (unpaired) electrons. The summed E-state index contributed by atoms with van der Waals surface area (Å²) in [7, 11) is 0. The zero-order valence-electron chi connectivity index (χ0n) is 11.8. The van der Waals surface area contributed by atoms with Gasteiger partial charge in [0.2, 0.25) is 5.91 Å². The summed E-state index contributed by atoms with van der Waals surface area (Å²) in [5.41, 5.74) is 1.04. The Morgan fingerprint density at radius 2 is 1.41 bits per heavy atom. The van der Waals surface area contributed by atoms with Crippen LogP contribution in [0, 0.1) is 0 Å². The molecule has 0 aliphatic heterocycles. The first kappa shape index (κ1) is 15.2. The number of benzene rings is 1. The molecule has 0 aliphatic rings. The van der Waals surface area contributed by atoms with Gasteiger partial charge in [0.05, 0.1) is 0 Å². The lowest BCUT2D eigenvalue weighted by Crippen LogP contribution is -2.29. The van der Waals surface area contributed by atoms with E-state index in [4.69, 9.17) is 0 Å². The predicted molar refractivity (Wildman–Crippen MR) is 82.2 cm³/mol. The van der Waals surface area contributed by atoms with E-state index in [1.165, 1.54) is 13.1 Å². The molecule has 0 unspecified atom stereocenters. The van der Waals surface area contributed by atoms with Crippen LogP contribution in [0.25, 0.3) is 0 Å². The summed E-state index contributed by atoms with van der Waals surface area (Å²) in [6, 6.07) is 11.4. The summed E-state index contributed by atoms with van der Waals surface area (Å²) in [5, 5.41) is 7.43. The third-order valence-corrected chi connectivity index (χ3v) is 2.58. The third kappa shape index (κ3) is 4.41. The van der Waals surface area contributed by atoms with Gasteiger partial charge in [-0.15, -0.1) is 0 Å². The number of hydrogen-bond donors (Lipinski definition) is 3. The summed E-state index contributed by atoms with van der Waals surface area (Å²) in [6.45, 7) is 1.40. The van der Waals surface area contributed by atoms with Crippen LogP contribution in [0.15, 0.2) is 48.7 Å². The quantitative estimate of drug-likeness (QED) is 0.749. The van der Waals surface area contributed by atoms with Crippen molar-refractivity contribution in [3.05, 3.63) is 48.7 Å². The maximum atomic E-state index is 11.8. The Balaban J connectivity index is 1.93. The Morgan fingerprint density at radius 3 is 1.95 bits per heavy atom. The fourth-order valence-corrected chi connectivity index (χ4v) is 1.64. The standard InChI is InChI=1S/C15H14N4O3/c1-10(20)17-11-5-7-12(8-6-11)18-14(21)15(22)19-13-4-2-3-9-16-13/h2-9H,1H3,(H,17,20)(H,18,21)(H,16,19,22). The predicted octanol–water partition coefficient (Wildman–Crippen LogP) is 1.62. The van der Waals surface area contributed by atoms with E-state index >= 15 is 0 Å². The van der Waals surface area contributed by atoms with Crippen molar-refractivity contribution in [3.8, 4) is 0 Å². The summed E-state index contributed by atoms with van der Waals surface area (Å²) in [6.07, 6.45) is 1.51. The van der Waals surface area contributed by atoms with E-state index in [-0.39, 0.29) is 5.91 Å². The Labute approximate surface area is 126 Å². The number of aromatic nitrogens is 1. The van der Waals surface area contributed by atoms with Gasteiger partial charge in [0.1, 0.15) is 5.82 Å². The zero-order valence-corrected chi connectivity index (χ0v) is 11.8. The summed E-state index contributed by atoms with van der Waals surface area (Å²) < 4.78 is 0. The Morgan fingerprint density at radius 1 is 0.818 bits per heavy atom. The fraction of sp³-hybridized carbons (Fsp3) is 0.0667. The highest BCUT2D eigenvalue weighted by Crippen LogP contribution is 2.13. The molecule has 112 valence electrons. The fourth-order valence-electron chi connectivity index (χ4n) is 1.64. The largest absolute Gasteiger partial charge is 0.326 e. The van der Waals surface area contributed by atoms with Gasteiger partial charge in [-0.1, -0.05) is 6.07 Å². The third-order valence-electron chi connectivity index (χ3n) is 2.58. The molecule has 7 heteroatoms. The van der Waals surface area contributed by atoms with Crippen molar-refractivity contribution in [1.82, 2.24) is 4.98 Å². The first-order valence-electron chi connectivity index (χ1n) is 6.45. The first-order chi connectivity index (χ1) is 10.5. The average molecular weight is 298 g/mol. The van der Waals surface area contributed by atoms with Crippen LogP contribution in [0.1, 0.15) is 6.92 Å². The van der Waals surface area contributed by atoms with Gasteiger partial charge < -0.3 is 16.0 Å².